The third-order valence-electron chi connectivity index (χ3n) is 2.66. The average molecular weight is 277 g/mol. The molecule has 4 heteroatoms. The number of hydrogen-bond donors (Lipinski definition) is 2. The third kappa shape index (κ3) is 1.70. The summed E-state index contributed by atoms with van der Waals surface area (Å²) >= 11 is 9.34. The predicted molar refractivity (Wildman–Crippen MR) is 60.3 cm³/mol. The van der Waals surface area contributed by atoms with Crippen LogP contribution in [0.3, 0.4) is 0 Å². The van der Waals surface area contributed by atoms with Crippen molar-refractivity contribution < 1.29 is 5.11 Å². The fourth-order valence-electron chi connectivity index (χ4n) is 1.88. The summed E-state index contributed by atoms with van der Waals surface area (Å²) in [6, 6.07) is 5.56. The van der Waals surface area contributed by atoms with Gasteiger partial charge in [-0.25, -0.2) is 0 Å². The average Bonchev–Trinajstić information content (AvgIpc) is 2.07. The Hall–Kier alpha value is -0.0900. The molecule has 2 rings (SSSR count). The molecule has 76 valence electrons. The van der Waals surface area contributed by atoms with Crippen LogP contribution in [-0.2, 0) is 5.54 Å². The van der Waals surface area contributed by atoms with Crippen LogP contribution in [0.5, 0.6) is 0 Å². The van der Waals surface area contributed by atoms with Gasteiger partial charge < -0.3 is 10.8 Å². The van der Waals surface area contributed by atoms with Crippen LogP contribution in [0.1, 0.15) is 18.4 Å². The number of benzene rings is 1. The molecule has 2 nitrogen and oxygen atoms in total. The normalized spacial score (nSPS) is 31.3. The molecule has 0 radical (unpaired) electrons. The van der Waals surface area contributed by atoms with Crippen LogP contribution in [0, 0.1) is 0 Å². The van der Waals surface area contributed by atoms with Gasteiger partial charge in [-0.05, 0) is 36.6 Å². The van der Waals surface area contributed by atoms with Crippen LogP contribution in [-0.4, -0.2) is 11.2 Å². The van der Waals surface area contributed by atoms with E-state index in [1.807, 2.05) is 18.2 Å². The van der Waals surface area contributed by atoms with Crippen molar-refractivity contribution in [3.63, 3.8) is 0 Å². The third-order valence-corrected chi connectivity index (χ3v) is 3.59. The van der Waals surface area contributed by atoms with Crippen molar-refractivity contribution in [3.8, 4) is 0 Å². The van der Waals surface area contributed by atoms with Gasteiger partial charge in [0.05, 0.1) is 6.10 Å². The molecule has 1 aromatic rings. The van der Waals surface area contributed by atoms with E-state index in [4.69, 9.17) is 17.3 Å². The second-order valence-electron chi connectivity index (χ2n) is 3.84. The molecule has 0 spiro atoms. The zero-order chi connectivity index (χ0) is 10.3. The van der Waals surface area contributed by atoms with Gasteiger partial charge in [0, 0.05) is 15.0 Å². The largest absolute Gasteiger partial charge is 0.393 e. The number of halogens is 2. The molecule has 3 N–H and O–H groups in total. The number of nitrogens with two attached hydrogens (primary N) is 1. The Labute approximate surface area is 96.2 Å². The Morgan fingerprint density at radius 2 is 2.14 bits per heavy atom. The van der Waals surface area contributed by atoms with E-state index in [-0.39, 0.29) is 6.10 Å². The quantitative estimate of drug-likeness (QED) is 0.827. The van der Waals surface area contributed by atoms with Crippen LogP contribution in [0.25, 0.3) is 0 Å². The van der Waals surface area contributed by atoms with Gasteiger partial charge in [-0.2, -0.15) is 0 Å². The maximum atomic E-state index is 9.28. The summed E-state index contributed by atoms with van der Waals surface area (Å²) in [6.45, 7) is 0. The van der Waals surface area contributed by atoms with Gasteiger partial charge in [-0.15, -0.1) is 0 Å². The first-order valence-electron chi connectivity index (χ1n) is 4.44. The summed E-state index contributed by atoms with van der Waals surface area (Å²) in [4.78, 5) is 0. The van der Waals surface area contributed by atoms with Gasteiger partial charge in [-0.1, -0.05) is 27.5 Å². The van der Waals surface area contributed by atoms with Crippen molar-refractivity contribution in [3.05, 3.63) is 33.3 Å². The van der Waals surface area contributed by atoms with E-state index in [0.717, 1.165) is 10.0 Å². The number of rotatable bonds is 1. The molecule has 0 amide bonds. The molecule has 1 aliphatic rings. The number of aliphatic hydroxyl groups excluding tert-OH is 1. The Balaban J connectivity index is 2.36. The van der Waals surface area contributed by atoms with Crippen molar-refractivity contribution >= 4 is 27.5 Å². The van der Waals surface area contributed by atoms with Crippen molar-refractivity contribution in [2.24, 2.45) is 5.73 Å². The maximum absolute atomic E-state index is 9.28. The molecule has 0 aliphatic heterocycles. The van der Waals surface area contributed by atoms with Gasteiger partial charge in [0.15, 0.2) is 0 Å². The van der Waals surface area contributed by atoms with Crippen LogP contribution in [0.2, 0.25) is 5.02 Å². The van der Waals surface area contributed by atoms with E-state index in [9.17, 15) is 5.11 Å². The molecular formula is C10H11BrClNO. The number of aliphatic hydroxyl groups is 1. The lowest BCUT2D eigenvalue weighted by Crippen LogP contribution is -2.51. The van der Waals surface area contributed by atoms with E-state index >= 15 is 0 Å². The molecule has 1 aromatic carbocycles. The Kier molecular flexibility index (Phi) is 2.60. The monoisotopic (exact) mass is 275 g/mol. The minimum Gasteiger partial charge on any atom is -0.393 e. The minimum atomic E-state index is -0.414. The van der Waals surface area contributed by atoms with E-state index in [2.05, 4.69) is 15.9 Å². The highest BCUT2D eigenvalue weighted by Gasteiger charge is 2.42. The molecule has 0 unspecified atom stereocenters. The van der Waals surface area contributed by atoms with Crippen LogP contribution >= 0.6 is 27.5 Å². The second-order valence-corrected chi connectivity index (χ2v) is 5.13. The van der Waals surface area contributed by atoms with E-state index < -0.39 is 5.54 Å². The zero-order valence-electron chi connectivity index (χ0n) is 7.50. The lowest BCUT2D eigenvalue weighted by molar-refractivity contribution is 0.0206. The predicted octanol–water partition coefficient (Wildman–Crippen LogP) is 2.41. The first kappa shape index (κ1) is 10.4. The molecule has 0 aromatic heterocycles. The summed E-state index contributed by atoms with van der Waals surface area (Å²) in [5.41, 5.74) is 6.70. The van der Waals surface area contributed by atoms with Crippen molar-refractivity contribution in [2.75, 3.05) is 0 Å². The van der Waals surface area contributed by atoms with Crippen molar-refractivity contribution in [1.82, 2.24) is 0 Å². The molecule has 0 saturated heterocycles. The minimum absolute atomic E-state index is 0.272. The molecular weight excluding hydrogens is 265 g/mol. The molecule has 0 bridgehead atoms. The van der Waals surface area contributed by atoms with Gasteiger partial charge in [0.25, 0.3) is 0 Å². The van der Waals surface area contributed by atoms with Gasteiger partial charge in [-0.3, -0.25) is 0 Å². The number of hydrogen-bond acceptors (Lipinski definition) is 2. The lowest BCUT2D eigenvalue weighted by Gasteiger charge is -2.43. The Bertz CT molecular complexity index is 363. The van der Waals surface area contributed by atoms with E-state index in [1.165, 1.54) is 0 Å². The second kappa shape index (κ2) is 3.49. The standard InChI is InChI=1S/C10H11BrClNO/c11-9-2-1-6(12)3-8(9)10(13)4-7(14)5-10/h1-3,7,14H,4-5,13H2. The van der Waals surface area contributed by atoms with Crippen LogP contribution in [0.4, 0.5) is 0 Å². The summed E-state index contributed by atoms with van der Waals surface area (Å²) in [7, 11) is 0. The first-order valence-corrected chi connectivity index (χ1v) is 5.61. The molecule has 1 aliphatic carbocycles. The maximum Gasteiger partial charge on any atom is 0.0582 e. The van der Waals surface area contributed by atoms with Gasteiger partial charge in [0.1, 0.15) is 0 Å². The fourth-order valence-corrected chi connectivity index (χ4v) is 2.69. The van der Waals surface area contributed by atoms with E-state index in [1.54, 1.807) is 0 Å². The summed E-state index contributed by atoms with van der Waals surface area (Å²) < 4.78 is 0.955. The van der Waals surface area contributed by atoms with Gasteiger partial charge in [0.2, 0.25) is 0 Å². The topological polar surface area (TPSA) is 46.2 Å². The summed E-state index contributed by atoms with van der Waals surface area (Å²) in [5.74, 6) is 0. The lowest BCUT2D eigenvalue weighted by atomic mass is 9.71. The van der Waals surface area contributed by atoms with Crippen molar-refractivity contribution in [2.45, 2.75) is 24.5 Å². The first-order chi connectivity index (χ1) is 6.51. The summed E-state index contributed by atoms with van der Waals surface area (Å²) in [6.07, 6.45) is 0.934. The molecule has 0 atom stereocenters. The van der Waals surface area contributed by atoms with Gasteiger partial charge >= 0.3 is 0 Å². The highest BCUT2D eigenvalue weighted by Crippen LogP contribution is 2.42. The molecule has 1 saturated carbocycles. The fraction of sp³-hybridized carbons (Fsp3) is 0.400. The highest BCUT2D eigenvalue weighted by molar-refractivity contribution is 9.10. The molecule has 1 fully saturated rings. The zero-order valence-corrected chi connectivity index (χ0v) is 9.85. The van der Waals surface area contributed by atoms with Crippen molar-refractivity contribution in [1.29, 1.82) is 0 Å². The Morgan fingerprint density at radius 1 is 1.50 bits per heavy atom. The Morgan fingerprint density at radius 3 is 2.71 bits per heavy atom. The smallest absolute Gasteiger partial charge is 0.0582 e. The molecule has 0 heterocycles. The van der Waals surface area contributed by atoms with E-state index in [0.29, 0.717) is 17.9 Å². The highest BCUT2D eigenvalue weighted by atomic mass is 79.9. The van der Waals surface area contributed by atoms with Crippen LogP contribution < -0.4 is 5.73 Å². The SMILES string of the molecule is NC1(c2cc(Cl)ccc2Br)CC(O)C1. The molecule has 14 heavy (non-hydrogen) atoms. The van der Waals surface area contributed by atoms with Crippen LogP contribution in [0.15, 0.2) is 22.7 Å². The summed E-state index contributed by atoms with van der Waals surface area (Å²) in [5, 5.41) is 9.95.